The molecular formula is C51H51Br2N13O4. The van der Waals surface area contributed by atoms with E-state index in [1.807, 2.05) is 122 Å². The van der Waals surface area contributed by atoms with Gasteiger partial charge in [-0.3, -0.25) is 19.2 Å². The fourth-order valence-electron chi connectivity index (χ4n) is 7.92. The van der Waals surface area contributed by atoms with Crippen molar-refractivity contribution < 1.29 is 19.2 Å². The number of rotatable bonds is 4. The first-order chi connectivity index (χ1) is 33.5. The topological polar surface area (TPSA) is 209 Å². The lowest BCUT2D eigenvalue weighted by atomic mass is 10.0. The Hall–Kier alpha value is -7.64. The second-order valence-corrected chi connectivity index (χ2v) is 18.5. The summed E-state index contributed by atoms with van der Waals surface area (Å²) in [6.45, 7) is 6.82. The van der Waals surface area contributed by atoms with Crippen LogP contribution < -0.4 is 16.4 Å². The molecule has 4 aliphatic heterocycles. The van der Waals surface area contributed by atoms with Crippen LogP contribution in [0, 0.1) is 0 Å². The number of carbonyl (C=O) groups is 4. The highest BCUT2D eigenvalue weighted by atomic mass is 79.9. The predicted octanol–water partition coefficient (Wildman–Crippen LogP) is 9.42. The number of nitrogens with two attached hydrogens (primary N) is 1. The number of nitrogen functional groups attached to an aromatic ring is 1. The molecule has 4 aromatic carbocycles. The molecule has 0 saturated carbocycles. The lowest BCUT2D eigenvalue weighted by molar-refractivity contribution is 0.0776. The quantitative estimate of drug-likeness (QED) is 0.150. The first kappa shape index (κ1) is 50.2. The van der Waals surface area contributed by atoms with Gasteiger partial charge in [0.15, 0.2) is 0 Å². The minimum absolute atomic E-state index is 0.0797. The van der Waals surface area contributed by atoms with E-state index in [1.54, 1.807) is 56.4 Å². The van der Waals surface area contributed by atoms with Crippen LogP contribution in [0.25, 0.3) is 0 Å². The summed E-state index contributed by atoms with van der Waals surface area (Å²) in [7, 11) is 7.30. The van der Waals surface area contributed by atoms with Gasteiger partial charge in [0.25, 0.3) is 23.6 Å². The molecule has 4 amide bonds. The molecule has 7 aromatic rings. The van der Waals surface area contributed by atoms with Crippen molar-refractivity contribution in [1.82, 2.24) is 49.5 Å². The average Bonchev–Trinajstić information content (AvgIpc) is 3.94. The zero-order valence-corrected chi connectivity index (χ0v) is 42.7. The number of aromatic nitrogens is 6. The van der Waals surface area contributed by atoms with Gasteiger partial charge in [0.2, 0.25) is 0 Å². The molecule has 0 fully saturated rings. The highest BCUT2D eigenvalue weighted by molar-refractivity contribution is 9.10. The molecule has 0 aliphatic carbocycles. The van der Waals surface area contributed by atoms with Crippen LogP contribution in [0.4, 0.5) is 28.8 Å². The van der Waals surface area contributed by atoms with Crippen LogP contribution >= 0.6 is 31.9 Å². The fraction of sp³-hybridized carbons (Fsp3) is 0.216. The molecule has 11 rings (SSSR count). The minimum Gasteiger partial charge on any atom is -0.384 e. The molecule has 3 aromatic heterocycles. The molecule has 7 heterocycles. The van der Waals surface area contributed by atoms with E-state index in [0.717, 1.165) is 83.0 Å². The number of nitrogens with zero attached hydrogens (tertiary/aromatic N) is 10. The monoisotopic (exact) mass is 1070 g/mol. The Balaban J connectivity index is 0.000000133. The van der Waals surface area contributed by atoms with E-state index in [4.69, 9.17) is 5.73 Å². The van der Waals surface area contributed by atoms with Gasteiger partial charge >= 0.3 is 0 Å². The fourth-order valence-corrected chi connectivity index (χ4v) is 8.71. The lowest BCUT2D eigenvalue weighted by Crippen LogP contribution is -2.20. The van der Waals surface area contributed by atoms with Gasteiger partial charge in [0, 0.05) is 95.9 Å². The number of amides is 4. The van der Waals surface area contributed by atoms with Gasteiger partial charge in [-0.15, -0.1) is 0 Å². The molecule has 3 unspecified atom stereocenters. The number of carbonyl (C=O) groups excluding carboxylic acids is 4. The Morgan fingerprint density at radius 1 is 0.500 bits per heavy atom. The van der Waals surface area contributed by atoms with Gasteiger partial charge in [-0.1, -0.05) is 31.9 Å². The maximum atomic E-state index is 12.0. The smallest absolute Gasteiger partial charge is 0.254 e. The Kier molecular flexibility index (Phi) is 15.9. The van der Waals surface area contributed by atoms with Crippen molar-refractivity contribution in [3.8, 4) is 0 Å². The van der Waals surface area contributed by atoms with Gasteiger partial charge in [0.05, 0.1) is 18.1 Å². The number of fused-ring (bicyclic) bond motifs is 4. The molecule has 0 saturated heterocycles. The normalized spacial score (nSPS) is 16.8. The average molecular weight is 1070 g/mol. The van der Waals surface area contributed by atoms with Crippen LogP contribution in [0.5, 0.6) is 0 Å². The van der Waals surface area contributed by atoms with Gasteiger partial charge in [-0.2, -0.15) is 0 Å². The third-order valence-corrected chi connectivity index (χ3v) is 13.2. The van der Waals surface area contributed by atoms with E-state index >= 15 is 0 Å². The second-order valence-electron chi connectivity index (χ2n) is 16.6. The van der Waals surface area contributed by atoms with E-state index in [2.05, 4.69) is 72.4 Å². The molecule has 17 nitrogen and oxygen atoms in total. The standard InChI is InChI=1S/2C14H14N4O.C10H10BrNO.C9H8BrNO.C4H5N3/c2*1-9-12-7-10(17-13-5-6-15-8-16-13)3-4-11(12)14(19)18(9)2;1-6-9-5-7(11)3-4-8(9)10(13)12(6)2;1-11-5-6-4-7(10)2-3-8(6)9(11)12;5-4-1-2-6-3-7-4/h2*3-9H,1-2H3,(H,15,16,17);3-6H,1-2H3;2-4H,5H2,1H3;1-3H,(H2,5,6,7). The summed E-state index contributed by atoms with van der Waals surface area (Å²) in [5.74, 6) is 2.38. The molecule has 19 heteroatoms. The maximum Gasteiger partial charge on any atom is 0.254 e. The molecule has 4 aliphatic rings. The summed E-state index contributed by atoms with van der Waals surface area (Å²) < 4.78 is 2.06. The van der Waals surface area contributed by atoms with E-state index in [0.29, 0.717) is 5.82 Å². The van der Waals surface area contributed by atoms with Crippen LogP contribution in [0.1, 0.15) is 103 Å². The van der Waals surface area contributed by atoms with Crippen LogP contribution in [0.15, 0.2) is 138 Å². The van der Waals surface area contributed by atoms with Crippen molar-refractivity contribution in [3.05, 3.63) is 182 Å². The van der Waals surface area contributed by atoms with Gasteiger partial charge < -0.3 is 36.0 Å². The molecule has 0 radical (unpaired) electrons. The molecule has 0 spiro atoms. The number of benzene rings is 4. The molecule has 358 valence electrons. The summed E-state index contributed by atoms with van der Waals surface area (Å²) in [5, 5.41) is 6.41. The van der Waals surface area contributed by atoms with Crippen molar-refractivity contribution >= 4 is 84.3 Å². The van der Waals surface area contributed by atoms with Crippen LogP contribution in [0.2, 0.25) is 0 Å². The second kappa shape index (κ2) is 22.2. The van der Waals surface area contributed by atoms with E-state index in [9.17, 15) is 19.2 Å². The summed E-state index contributed by atoms with van der Waals surface area (Å²) in [4.78, 5) is 77.2. The van der Waals surface area contributed by atoms with Crippen molar-refractivity contribution in [2.45, 2.75) is 45.4 Å². The zero-order valence-electron chi connectivity index (χ0n) is 39.5. The maximum absolute atomic E-state index is 12.0. The van der Waals surface area contributed by atoms with Gasteiger partial charge in [0.1, 0.15) is 36.4 Å². The Morgan fingerprint density at radius 3 is 1.30 bits per heavy atom. The number of halogens is 2. The highest BCUT2D eigenvalue weighted by Gasteiger charge is 2.33. The van der Waals surface area contributed by atoms with Gasteiger partial charge in [-0.05, 0) is 134 Å². The molecule has 3 atom stereocenters. The third-order valence-electron chi connectivity index (χ3n) is 12.2. The van der Waals surface area contributed by atoms with E-state index < -0.39 is 0 Å². The number of hydrogen-bond donors (Lipinski definition) is 3. The van der Waals surface area contributed by atoms with Crippen molar-refractivity contribution in [3.63, 3.8) is 0 Å². The summed E-state index contributed by atoms with van der Waals surface area (Å²) in [6, 6.07) is 28.7. The third kappa shape index (κ3) is 11.4. The van der Waals surface area contributed by atoms with E-state index in [1.165, 1.54) is 19.0 Å². The van der Waals surface area contributed by atoms with E-state index in [-0.39, 0.29) is 41.8 Å². The molecular weight excluding hydrogens is 1020 g/mol. The first-order valence-corrected chi connectivity index (χ1v) is 23.6. The highest BCUT2D eigenvalue weighted by Crippen LogP contribution is 2.36. The number of hydrogen-bond acceptors (Lipinski definition) is 13. The lowest BCUT2D eigenvalue weighted by Gasteiger charge is -2.15. The van der Waals surface area contributed by atoms with Crippen LogP contribution in [0.3, 0.4) is 0 Å². The largest absolute Gasteiger partial charge is 0.384 e. The number of nitrogens with one attached hydrogen (secondary N) is 2. The van der Waals surface area contributed by atoms with Crippen LogP contribution in [-0.4, -0.2) is 101 Å². The first-order valence-electron chi connectivity index (χ1n) is 22.0. The molecule has 4 N–H and O–H groups in total. The van der Waals surface area contributed by atoms with Crippen molar-refractivity contribution in [2.24, 2.45) is 0 Å². The Morgan fingerprint density at radius 2 is 0.900 bits per heavy atom. The number of anilines is 5. The Bertz CT molecular complexity index is 2910. The minimum atomic E-state index is 0.0797. The zero-order chi connectivity index (χ0) is 50.2. The predicted molar refractivity (Wildman–Crippen MR) is 276 cm³/mol. The SMILES string of the molecule is CC1c2cc(Br)ccc2C(=O)N1C.CC1c2cc(Nc3ccncn3)ccc2C(=O)N1C.CC1c2cc(Nc3ccncn3)ccc2C(=O)N1C.CN1Cc2cc(Br)ccc2C1=O.Nc1ccncn1. The molecule has 0 bridgehead atoms. The van der Waals surface area contributed by atoms with Gasteiger partial charge in [-0.25, -0.2) is 29.9 Å². The van der Waals surface area contributed by atoms with Crippen molar-refractivity contribution in [2.75, 3.05) is 44.6 Å². The van der Waals surface area contributed by atoms with Crippen LogP contribution in [-0.2, 0) is 6.54 Å². The molecule has 70 heavy (non-hydrogen) atoms. The Labute approximate surface area is 422 Å². The summed E-state index contributed by atoms with van der Waals surface area (Å²) in [5.41, 5.74) is 14.6. The summed E-state index contributed by atoms with van der Waals surface area (Å²) in [6.07, 6.45) is 9.37. The summed E-state index contributed by atoms with van der Waals surface area (Å²) >= 11 is 6.78. The van der Waals surface area contributed by atoms with Crippen molar-refractivity contribution in [1.29, 1.82) is 0 Å².